The Bertz CT molecular complexity index is 682. The number of hydrogen-bond donors (Lipinski definition) is 1. The molecule has 0 aliphatic heterocycles. The van der Waals surface area contributed by atoms with Crippen molar-refractivity contribution in [2.75, 3.05) is 0 Å². The predicted molar refractivity (Wildman–Crippen MR) is 66.2 cm³/mol. The van der Waals surface area contributed by atoms with Crippen LogP contribution in [0.2, 0.25) is 0 Å². The smallest absolute Gasteiger partial charge is 0.231 e. The normalized spacial score (nSPS) is 10.5. The minimum absolute atomic E-state index is 0.212. The van der Waals surface area contributed by atoms with Gasteiger partial charge in [0.15, 0.2) is 0 Å². The monoisotopic (exact) mass is 254 g/mol. The Hall–Kier alpha value is -2.76. The molecule has 0 radical (unpaired) electrons. The topological polar surface area (TPSA) is 84.9 Å². The van der Waals surface area contributed by atoms with Gasteiger partial charge in [-0.05, 0) is 12.1 Å². The van der Waals surface area contributed by atoms with E-state index in [0.29, 0.717) is 23.8 Å². The van der Waals surface area contributed by atoms with Crippen molar-refractivity contribution < 1.29 is 9.63 Å². The van der Waals surface area contributed by atoms with Crippen molar-refractivity contribution in [3.05, 3.63) is 54.3 Å². The van der Waals surface area contributed by atoms with Gasteiger partial charge in [0.2, 0.25) is 11.7 Å². The van der Waals surface area contributed by atoms with Crippen molar-refractivity contribution in [1.82, 2.24) is 20.1 Å². The minimum atomic E-state index is 0.212. The molecule has 0 amide bonds. The molecule has 0 spiro atoms. The van der Waals surface area contributed by atoms with Crippen molar-refractivity contribution >= 4 is 0 Å². The van der Waals surface area contributed by atoms with E-state index in [9.17, 15) is 5.11 Å². The lowest BCUT2D eigenvalue weighted by Gasteiger charge is -1.99. The molecule has 0 saturated carbocycles. The van der Waals surface area contributed by atoms with E-state index in [4.69, 9.17) is 4.52 Å². The van der Waals surface area contributed by atoms with Gasteiger partial charge in [-0.15, -0.1) is 0 Å². The lowest BCUT2D eigenvalue weighted by atomic mass is 10.1. The third-order valence-corrected chi connectivity index (χ3v) is 2.61. The predicted octanol–water partition coefficient (Wildman–Crippen LogP) is 1.82. The van der Waals surface area contributed by atoms with E-state index in [-0.39, 0.29) is 5.75 Å². The van der Waals surface area contributed by atoms with Crippen LogP contribution in [0.25, 0.3) is 11.5 Å². The fourth-order valence-corrected chi connectivity index (χ4v) is 1.68. The van der Waals surface area contributed by atoms with Gasteiger partial charge >= 0.3 is 0 Å². The van der Waals surface area contributed by atoms with Gasteiger partial charge in [-0.3, -0.25) is 0 Å². The molecule has 0 unspecified atom stereocenters. The van der Waals surface area contributed by atoms with Crippen LogP contribution in [0.1, 0.15) is 11.5 Å². The van der Waals surface area contributed by atoms with E-state index < -0.39 is 0 Å². The molecule has 2 heterocycles. The van der Waals surface area contributed by atoms with Crippen LogP contribution in [0.3, 0.4) is 0 Å². The number of aromatic nitrogens is 4. The van der Waals surface area contributed by atoms with Crippen LogP contribution in [0.4, 0.5) is 0 Å². The molecule has 6 nitrogen and oxygen atoms in total. The van der Waals surface area contributed by atoms with E-state index in [0.717, 1.165) is 5.56 Å². The standard InChI is InChI=1S/C13H10N4O2/c18-11-4-2-1-3-9(11)7-12-16-13(17-19-12)10-5-6-14-8-15-10/h1-6,8,18H,7H2. The number of phenols is 1. The number of nitrogens with zero attached hydrogens (tertiary/aromatic N) is 4. The van der Waals surface area contributed by atoms with Gasteiger partial charge in [-0.1, -0.05) is 23.4 Å². The molecule has 19 heavy (non-hydrogen) atoms. The Balaban J connectivity index is 1.85. The van der Waals surface area contributed by atoms with Gasteiger partial charge < -0.3 is 9.63 Å². The molecule has 0 aliphatic rings. The Morgan fingerprint density at radius 1 is 1.16 bits per heavy atom. The fraction of sp³-hybridized carbons (Fsp3) is 0.0769. The molecule has 1 aromatic carbocycles. The highest BCUT2D eigenvalue weighted by Crippen LogP contribution is 2.20. The maximum Gasteiger partial charge on any atom is 0.231 e. The van der Waals surface area contributed by atoms with Crippen LogP contribution in [0, 0.1) is 0 Å². The number of rotatable bonds is 3. The van der Waals surface area contributed by atoms with Gasteiger partial charge in [-0.2, -0.15) is 4.98 Å². The first-order valence-corrected chi connectivity index (χ1v) is 5.69. The van der Waals surface area contributed by atoms with Crippen LogP contribution in [0.5, 0.6) is 5.75 Å². The SMILES string of the molecule is Oc1ccccc1Cc1nc(-c2ccncn2)no1. The van der Waals surface area contributed by atoms with Gasteiger partial charge in [-0.25, -0.2) is 9.97 Å². The number of phenolic OH excluding ortho intramolecular Hbond substituents is 1. The van der Waals surface area contributed by atoms with Gasteiger partial charge in [0.1, 0.15) is 17.8 Å². The first-order valence-electron chi connectivity index (χ1n) is 5.69. The number of aromatic hydroxyl groups is 1. The summed E-state index contributed by atoms with van der Waals surface area (Å²) in [4.78, 5) is 12.1. The van der Waals surface area contributed by atoms with Crippen LogP contribution in [-0.4, -0.2) is 25.2 Å². The van der Waals surface area contributed by atoms with E-state index >= 15 is 0 Å². The van der Waals surface area contributed by atoms with Crippen LogP contribution >= 0.6 is 0 Å². The molecule has 3 aromatic rings. The average Bonchev–Trinajstić information content (AvgIpc) is 2.91. The summed E-state index contributed by atoms with van der Waals surface area (Å²) in [6, 6.07) is 8.74. The van der Waals surface area contributed by atoms with Crippen molar-refractivity contribution in [3.8, 4) is 17.3 Å². The highest BCUT2D eigenvalue weighted by Gasteiger charge is 2.11. The highest BCUT2D eigenvalue weighted by molar-refractivity contribution is 5.46. The zero-order valence-corrected chi connectivity index (χ0v) is 9.89. The number of para-hydroxylation sites is 1. The first-order chi connectivity index (χ1) is 9.33. The third kappa shape index (κ3) is 2.42. The molecular weight excluding hydrogens is 244 g/mol. The van der Waals surface area contributed by atoms with E-state index in [1.807, 2.05) is 12.1 Å². The van der Waals surface area contributed by atoms with Crippen LogP contribution in [0.15, 0.2) is 47.4 Å². The third-order valence-electron chi connectivity index (χ3n) is 2.61. The summed E-state index contributed by atoms with van der Waals surface area (Å²) in [5, 5.41) is 13.5. The molecule has 6 heteroatoms. The molecule has 0 saturated heterocycles. The zero-order valence-electron chi connectivity index (χ0n) is 9.89. The second-order valence-corrected chi connectivity index (χ2v) is 3.91. The van der Waals surface area contributed by atoms with Gasteiger partial charge in [0.05, 0.1) is 6.42 Å². The molecule has 0 atom stereocenters. The molecule has 0 fully saturated rings. The molecule has 0 aliphatic carbocycles. The van der Waals surface area contributed by atoms with Crippen molar-refractivity contribution in [2.45, 2.75) is 6.42 Å². The van der Waals surface area contributed by atoms with E-state index in [1.54, 1.807) is 24.4 Å². The molecule has 1 N–H and O–H groups in total. The zero-order chi connectivity index (χ0) is 13.1. The molecule has 94 valence electrons. The summed E-state index contributed by atoms with van der Waals surface area (Å²) >= 11 is 0. The summed E-state index contributed by atoms with van der Waals surface area (Å²) in [6.07, 6.45) is 3.42. The van der Waals surface area contributed by atoms with Crippen LogP contribution < -0.4 is 0 Å². The fourth-order valence-electron chi connectivity index (χ4n) is 1.68. The maximum atomic E-state index is 9.69. The summed E-state index contributed by atoms with van der Waals surface area (Å²) in [5.74, 6) is 1.05. The summed E-state index contributed by atoms with van der Waals surface area (Å²) in [6.45, 7) is 0. The van der Waals surface area contributed by atoms with Crippen molar-refractivity contribution in [3.63, 3.8) is 0 Å². The van der Waals surface area contributed by atoms with Gasteiger partial charge in [0, 0.05) is 11.8 Å². The van der Waals surface area contributed by atoms with Gasteiger partial charge in [0.25, 0.3) is 0 Å². The second-order valence-electron chi connectivity index (χ2n) is 3.91. The Labute approximate surface area is 108 Å². The summed E-state index contributed by atoms with van der Waals surface area (Å²) in [5.41, 5.74) is 1.34. The molecule has 2 aromatic heterocycles. The van der Waals surface area contributed by atoms with E-state index in [1.165, 1.54) is 6.33 Å². The second kappa shape index (κ2) is 4.85. The average molecular weight is 254 g/mol. The first kappa shape index (κ1) is 11.3. The van der Waals surface area contributed by atoms with Crippen LogP contribution in [-0.2, 0) is 6.42 Å². The van der Waals surface area contributed by atoms with Crippen molar-refractivity contribution in [2.24, 2.45) is 0 Å². The minimum Gasteiger partial charge on any atom is -0.508 e. The largest absolute Gasteiger partial charge is 0.508 e. The Kier molecular flexibility index (Phi) is 2.89. The number of hydrogen-bond acceptors (Lipinski definition) is 6. The molecule has 0 bridgehead atoms. The van der Waals surface area contributed by atoms with E-state index in [2.05, 4.69) is 20.1 Å². The summed E-state index contributed by atoms with van der Waals surface area (Å²) < 4.78 is 5.15. The summed E-state index contributed by atoms with van der Waals surface area (Å²) in [7, 11) is 0. The molecule has 3 rings (SSSR count). The lowest BCUT2D eigenvalue weighted by molar-refractivity contribution is 0.383. The Morgan fingerprint density at radius 3 is 2.84 bits per heavy atom. The number of benzene rings is 1. The quantitative estimate of drug-likeness (QED) is 0.767. The highest BCUT2D eigenvalue weighted by atomic mass is 16.5. The molecular formula is C13H10N4O2. The van der Waals surface area contributed by atoms with Crippen molar-refractivity contribution in [1.29, 1.82) is 0 Å². The maximum absolute atomic E-state index is 9.69. The lowest BCUT2D eigenvalue weighted by Crippen LogP contribution is -1.90. The Morgan fingerprint density at radius 2 is 2.05 bits per heavy atom.